The predicted molar refractivity (Wildman–Crippen MR) is 38.2 cm³/mol. The fourth-order valence-electron chi connectivity index (χ4n) is 0.525. The van der Waals surface area contributed by atoms with Crippen molar-refractivity contribution in [3.63, 3.8) is 0 Å². The molecule has 0 fully saturated rings. The number of hydrogen-bond donors (Lipinski definition) is 2. The van der Waals surface area contributed by atoms with Gasteiger partial charge in [-0.2, -0.15) is 0 Å². The fourth-order valence-corrected chi connectivity index (χ4v) is 0.525. The number of aliphatic hydroxyl groups is 1. The van der Waals surface area contributed by atoms with Crippen molar-refractivity contribution < 1.29 is 5.11 Å². The van der Waals surface area contributed by atoms with Crippen molar-refractivity contribution in [2.24, 2.45) is 0 Å². The van der Waals surface area contributed by atoms with Gasteiger partial charge in [0.15, 0.2) is 0 Å². The van der Waals surface area contributed by atoms with Gasteiger partial charge in [-0.15, -0.1) is 0 Å². The molecule has 0 rings (SSSR count). The molecule has 2 N–H and O–H groups in total. The van der Waals surface area contributed by atoms with Gasteiger partial charge in [0, 0.05) is 6.54 Å². The maximum Gasteiger partial charge on any atom is 0.105 e. The first-order chi connectivity index (χ1) is 4.16. The van der Waals surface area contributed by atoms with E-state index in [1.54, 1.807) is 7.05 Å². The lowest BCUT2D eigenvalue weighted by Gasteiger charge is -2.12. The van der Waals surface area contributed by atoms with E-state index in [9.17, 15) is 0 Å². The Morgan fingerprint density at radius 3 is 2.44 bits per heavy atom. The second kappa shape index (κ2) is 4.73. The molecule has 9 heavy (non-hydrogen) atoms. The highest BCUT2D eigenvalue weighted by atomic mass is 16.3. The lowest BCUT2D eigenvalue weighted by atomic mass is 10.4. The van der Waals surface area contributed by atoms with E-state index < -0.39 is 0 Å². The predicted octanol–water partition coefficient (Wildman–Crippen LogP) is -0.524. The van der Waals surface area contributed by atoms with Gasteiger partial charge in [0.1, 0.15) is 6.23 Å². The van der Waals surface area contributed by atoms with Crippen LogP contribution in [-0.4, -0.2) is 43.9 Å². The van der Waals surface area contributed by atoms with Crippen LogP contribution in [0.15, 0.2) is 0 Å². The summed E-state index contributed by atoms with van der Waals surface area (Å²) in [6, 6.07) is 0. The van der Waals surface area contributed by atoms with E-state index in [-0.39, 0.29) is 6.23 Å². The number of nitrogens with zero attached hydrogens (tertiary/aromatic N) is 1. The maximum absolute atomic E-state index is 8.97. The van der Waals surface area contributed by atoms with Crippen molar-refractivity contribution >= 4 is 0 Å². The Morgan fingerprint density at radius 2 is 2.11 bits per heavy atom. The minimum absolute atomic E-state index is 0.354. The summed E-state index contributed by atoms with van der Waals surface area (Å²) in [4.78, 5) is 2.04. The molecule has 1 unspecified atom stereocenters. The lowest BCUT2D eigenvalue weighted by molar-refractivity contribution is 0.126. The molecule has 0 aliphatic rings. The number of rotatable bonds is 4. The van der Waals surface area contributed by atoms with Crippen LogP contribution in [0.4, 0.5) is 0 Å². The summed E-state index contributed by atoms with van der Waals surface area (Å²) < 4.78 is 0. The highest BCUT2D eigenvalue weighted by molar-refractivity contribution is 4.50. The molecule has 0 bridgehead atoms. The third-order valence-corrected chi connectivity index (χ3v) is 1.18. The Bertz CT molecular complexity index is 66.1. The molecule has 0 aliphatic carbocycles. The van der Waals surface area contributed by atoms with Gasteiger partial charge in [-0.1, -0.05) is 0 Å². The molecule has 0 aliphatic heterocycles. The monoisotopic (exact) mass is 132 g/mol. The third-order valence-electron chi connectivity index (χ3n) is 1.18. The van der Waals surface area contributed by atoms with Crippen LogP contribution in [-0.2, 0) is 0 Å². The zero-order chi connectivity index (χ0) is 7.28. The third kappa shape index (κ3) is 5.76. The quantitative estimate of drug-likeness (QED) is 0.505. The van der Waals surface area contributed by atoms with Crippen LogP contribution in [0.5, 0.6) is 0 Å². The van der Waals surface area contributed by atoms with Gasteiger partial charge < -0.3 is 10.0 Å². The van der Waals surface area contributed by atoms with Gasteiger partial charge in [-0.3, -0.25) is 5.32 Å². The number of hydrogen-bond acceptors (Lipinski definition) is 3. The molecule has 1 atom stereocenters. The molecule has 3 nitrogen and oxygen atoms in total. The van der Waals surface area contributed by atoms with Gasteiger partial charge in [0.2, 0.25) is 0 Å². The van der Waals surface area contributed by atoms with Crippen molar-refractivity contribution in [3.05, 3.63) is 0 Å². The zero-order valence-corrected chi connectivity index (χ0v) is 6.39. The molecule has 56 valence electrons. The Hall–Kier alpha value is -0.120. The van der Waals surface area contributed by atoms with E-state index in [1.807, 2.05) is 19.0 Å². The fraction of sp³-hybridized carbons (Fsp3) is 1.00. The molecule has 0 heterocycles. The smallest absolute Gasteiger partial charge is 0.105 e. The average molecular weight is 132 g/mol. The Kier molecular flexibility index (Phi) is 4.67. The largest absolute Gasteiger partial charge is 0.379 e. The van der Waals surface area contributed by atoms with Crippen molar-refractivity contribution in [1.29, 1.82) is 0 Å². The first-order valence-corrected chi connectivity index (χ1v) is 3.17. The molecule has 0 spiro atoms. The lowest BCUT2D eigenvalue weighted by Crippen LogP contribution is -2.28. The minimum Gasteiger partial charge on any atom is -0.379 e. The summed E-state index contributed by atoms with van der Waals surface area (Å²) in [5.41, 5.74) is 0. The number of nitrogens with one attached hydrogen (secondary N) is 1. The molecule has 3 heteroatoms. The van der Waals surface area contributed by atoms with Gasteiger partial charge in [0.05, 0.1) is 0 Å². The van der Waals surface area contributed by atoms with E-state index in [2.05, 4.69) is 5.32 Å². The van der Waals surface area contributed by atoms with Crippen molar-refractivity contribution in [1.82, 2.24) is 10.2 Å². The van der Waals surface area contributed by atoms with E-state index >= 15 is 0 Å². The van der Waals surface area contributed by atoms with Gasteiger partial charge >= 0.3 is 0 Å². The minimum atomic E-state index is -0.354. The SMILES string of the molecule is CNC(O)CCN(C)C. The molecule has 0 saturated heterocycles. The van der Waals surface area contributed by atoms with Gasteiger partial charge in [0.25, 0.3) is 0 Å². The molecular formula is C6H16N2O. The van der Waals surface area contributed by atoms with Crippen molar-refractivity contribution in [3.8, 4) is 0 Å². The Balaban J connectivity index is 3.06. The van der Waals surface area contributed by atoms with Crippen LogP contribution in [0.25, 0.3) is 0 Å². The van der Waals surface area contributed by atoms with E-state index in [0.717, 1.165) is 13.0 Å². The summed E-state index contributed by atoms with van der Waals surface area (Å²) in [5.74, 6) is 0. The van der Waals surface area contributed by atoms with Gasteiger partial charge in [-0.05, 0) is 27.6 Å². The zero-order valence-electron chi connectivity index (χ0n) is 6.39. The molecule has 0 aromatic rings. The first kappa shape index (κ1) is 8.88. The summed E-state index contributed by atoms with van der Waals surface area (Å²) in [5, 5.41) is 11.7. The van der Waals surface area contributed by atoms with Crippen molar-refractivity contribution in [2.45, 2.75) is 12.6 Å². The van der Waals surface area contributed by atoms with E-state index in [4.69, 9.17) is 5.11 Å². The van der Waals surface area contributed by atoms with Crippen molar-refractivity contribution in [2.75, 3.05) is 27.7 Å². The molecular weight excluding hydrogens is 116 g/mol. The van der Waals surface area contributed by atoms with E-state index in [1.165, 1.54) is 0 Å². The molecule has 0 aromatic carbocycles. The summed E-state index contributed by atoms with van der Waals surface area (Å²) in [7, 11) is 5.73. The van der Waals surface area contributed by atoms with E-state index in [0.29, 0.717) is 0 Å². The molecule has 0 amide bonds. The summed E-state index contributed by atoms with van der Waals surface area (Å²) >= 11 is 0. The van der Waals surface area contributed by atoms with Crippen LogP contribution >= 0.6 is 0 Å². The number of aliphatic hydroxyl groups excluding tert-OH is 1. The highest BCUT2D eigenvalue weighted by Crippen LogP contribution is 1.86. The second-order valence-electron chi connectivity index (χ2n) is 2.40. The molecule has 0 radical (unpaired) electrons. The second-order valence-corrected chi connectivity index (χ2v) is 2.40. The highest BCUT2D eigenvalue weighted by Gasteiger charge is 1.98. The average Bonchev–Trinajstić information content (AvgIpc) is 1.83. The van der Waals surface area contributed by atoms with Crippen LogP contribution in [0, 0.1) is 0 Å². The molecule has 0 saturated carbocycles. The summed E-state index contributed by atoms with van der Waals surface area (Å²) in [6.07, 6.45) is 0.427. The maximum atomic E-state index is 8.97. The topological polar surface area (TPSA) is 35.5 Å². The van der Waals surface area contributed by atoms with Crippen LogP contribution < -0.4 is 5.32 Å². The molecule has 0 aromatic heterocycles. The Morgan fingerprint density at radius 1 is 1.56 bits per heavy atom. The van der Waals surface area contributed by atoms with Crippen LogP contribution in [0.2, 0.25) is 0 Å². The standard InChI is InChI=1S/C6H16N2O/c1-7-6(9)4-5-8(2)3/h6-7,9H,4-5H2,1-3H3. The summed E-state index contributed by atoms with van der Waals surface area (Å²) in [6.45, 7) is 0.919. The Labute approximate surface area is 56.7 Å². The normalized spacial score (nSPS) is 14.3. The van der Waals surface area contributed by atoms with Crippen LogP contribution in [0.1, 0.15) is 6.42 Å². The van der Waals surface area contributed by atoms with Gasteiger partial charge in [-0.25, -0.2) is 0 Å². The first-order valence-electron chi connectivity index (χ1n) is 3.17. The van der Waals surface area contributed by atoms with Crippen LogP contribution in [0.3, 0.4) is 0 Å².